The number of aromatic nitrogens is 1. The summed E-state index contributed by atoms with van der Waals surface area (Å²) in [6, 6.07) is 7.48. The minimum atomic E-state index is -0.453. The van der Waals surface area contributed by atoms with Crippen molar-refractivity contribution in [1.29, 1.82) is 0 Å². The standard InChI is InChI=1S/C21H26N4O6/c1-3-29-20(27)15-6-8-16(9-7-15)22-21(28)25(12-17-5-4-10-30-17)13-19(26)23-18-11-14(2)31-24-18/h6-9,11,17H,3-5,10,12-13H2,1-2H3,(H,22,28)(H,23,24,26). The molecular weight excluding hydrogens is 404 g/mol. The van der Waals surface area contributed by atoms with E-state index in [9.17, 15) is 14.4 Å². The molecule has 1 aliphatic heterocycles. The van der Waals surface area contributed by atoms with Crippen molar-refractivity contribution >= 4 is 29.4 Å². The maximum absolute atomic E-state index is 12.9. The first-order valence-electron chi connectivity index (χ1n) is 10.1. The van der Waals surface area contributed by atoms with Gasteiger partial charge in [-0.3, -0.25) is 4.79 Å². The Balaban J connectivity index is 1.63. The molecule has 166 valence electrons. The van der Waals surface area contributed by atoms with Gasteiger partial charge in [-0.25, -0.2) is 9.59 Å². The molecule has 0 bridgehead atoms. The van der Waals surface area contributed by atoms with Crippen molar-refractivity contribution in [3.05, 3.63) is 41.7 Å². The zero-order valence-electron chi connectivity index (χ0n) is 17.6. The van der Waals surface area contributed by atoms with E-state index in [1.165, 1.54) is 4.90 Å². The highest BCUT2D eigenvalue weighted by Gasteiger charge is 2.25. The zero-order chi connectivity index (χ0) is 22.2. The van der Waals surface area contributed by atoms with Crippen molar-refractivity contribution in [1.82, 2.24) is 10.1 Å². The lowest BCUT2D eigenvalue weighted by Crippen LogP contribution is -2.44. The number of hydrogen-bond acceptors (Lipinski definition) is 7. The van der Waals surface area contributed by atoms with Crippen molar-refractivity contribution in [2.45, 2.75) is 32.8 Å². The number of rotatable bonds is 8. The van der Waals surface area contributed by atoms with Crippen LogP contribution in [0.2, 0.25) is 0 Å². The number of carbonyl (C=O) groups is 3. The van der Waals surface area contributed by atoms with Crippen molar-refractivity contribution in [3.8, 4) is 0 Å². The second-order valence-corrected chi connectivity index (χ2v) is 7.11. The van der Waals surface area contributed by atoms with Crippen LogP contribution in [-0.2, 0) is 14.3 Å². The summed E-state index contributed by atoms with van der Waals surface area (Å²) in [4.78, 5) is 38.5. The van der Waals surface area contributed by atoms with Gasteiger partial charge >= 0.3 is 12.0 Å². The number of benzene rings is 1. The highest BCUT2D eigenvalue weighted by Crippen LogP contribution is 2.16. The quantitative estimate of drug-likeness (QED) is 0.617. The van der Waals surface area contributed by atoms with Gasteiger partial charge in [-0.15, -0.1) is 0 Å². The number of urea groups is 1. The van der Waals surface area contributed by atoms with E-state index in [1.54, 1.807) is 44.2 Å². The van der Waals surface area contributed by atoms with Crippen molar-refractivity contribution in [3.63, 3.8) is 0 Å². The number of amides is 3. The summed E-state index contributed by atoms with van der Waals surface area (Å²) in [5.41, 5.74) is 0.876. The van der Waals surface area contributed by atoms with E-state index in [2.05, 4.69) is 15.8 Å². The SMILES string of the molecule is CCOC(=O)c1ccc(NC(=O)N(CC(=O)Nc2cc(C)on2)CC2CCCO2)cc1. The zero-order valence-corrected chi connectivity index (χ0v) is 17.6. The molecule has 0 aliphatic carbocycles. The lowest BCUT2D eigenvalue weighted by atomic mass is 10.2. The third kappa shape index (κ3) is 6.54. The molecule has 1 aliphatic rings. The molecule has 1 fully saturated rings. The maximum atomic E-state index is 12.9. The molecule has 1 aromatic heterocycles. The Kier molecular flexibility index (Phi) is 7.60. The van der Waals surface area contributed by atoms with Crippen LogP contribution in [0.15, 0.2) is 34.9 Å². The molecule has 31 heavy (non-hydrogen) atoms. The van der Waals surface area contributed by atoms with E-state index in [0.717, 1.165) is 12.8 Å². The van der Waals surface area contributed by atoms with E-state index in [0.29, 0.717) is 23.6 Å². The van der Waals surface area contributed by atoms with E-state index < -0.39 is 17.9 Å². The largest absolute Gasteiger partial charge is 0.462 e. The number of hydrogen-bond donors (Lipinski definition) is 2. The van der Waals surface area contributed by atoms with Gasteiger partial charge in [-0.2, -0.15) is 0 Å². The molecule has 1 saturated heterocycles. The Morgan fingerprint density at radius 2 is 2.00 bits per heavy atom. The Hall–Kier alpha value is -3.40. The summed E-state index contributed by atoms with van der Waals surface area (Å²) in [6.45, 7) is 4.46. The summed E-state index contributed by atoms with van der Waals surface area (Å²) in [5, 5.41) is 9.09. The Morgan fingerprint density at radius 1 is 1.23 bits per heavy atom. The van der Waals surface area contributed by atoms with Gasteiger partial charge in [0.05, 0.1) is 18.3 Å². The Morgan fingerprint density at radius 3 is 2.61 bits per heavy atom. The predicted molar refractivity (Wildman–Crippen MR) is 112 cm³/mol. The van der Waals surface area contributed by atoms with Crippen LogP contribution < -0.4 is 10.6 Å². The molecule has 1 atom stereocenters. The first kappa shape index (κ1) is 22.3. The van der Waals surface area contributed by atoms with Gasteiger partial charge in [0.1, 0.15) is 12.3 Å². The molecule has 10 nitrogen and oxygen atoms in total. The number of nitrogens with zero attached hydrogens (tertiary/aromatic N) is 2. The minimum absolute atomic E-state index is 0.126. The molecule has 2 N–H and O–H groups in total. The normalized spacial score (nSPS) is 15.4. The van der Waals surface area contributed by atoms with Gasteiger partial charge in [0.25, 0.3) is 0 Å². The highest BCUT2D eigenvalue weighted by atomic mass is 16.5. The highest BCUT2D eigenvalue weighted by molar-refractivity contribution is 5.97. The molecule has 0 radical (unpaired) electrons. The average molecular weight is 430 g/mol. The molecule has 1 unspecified atom stereocenters. The first-order chi connectivity index (χ1) is 14.9. The predicted octanol–water partition coefficient (Wildman–Crippen LogP) is 2.81. The van der Waals surface area contributed by atoms with Gasteiger partial charge in [0.2, 0.25) is 5.91 Å². The van der Waals surface area contributed by atoms with Crippen LogP contribution in [0.4, 0.5) is 16.3 Å². The van der Waals surface area contributed by atoms with Crippen LogP contribution in [0.1, 0.15) is 35.9 Å². The van der Waals surface area contributed by atoms with E-state index in [4.69, 9.17) is 14.0 Å². The third-order valence-electron chi connectivity index (χ3n) is 4.61. The van der Waals surface area contributed by atoms with Crippen LogP contribution in [0, 0.1) is 6.92 Å². The molecule has 1 aromatic carbocycles. The van der Waals surface area contributed by atoms with Crippen LogP contribution >= 0.6 is 0 Å². The fourth-order valence-corrected chi connectivity index (χ4v) is 3.14. The Labute approximate surface area is 179 Å². The topological polar surface area (TPSA) is 123 Å². The van der Waals surface area contributed by atoms with E-state index >= 15 is 0 Å². The van der Waals surface area contributed by atoms with Crippen LogP contribution in [0.3, 0.4) is 0 Å². The summed E-state index contributed by atoms with van der Waals surface area (Å²) < 4.78 is 15.5. The number of aryl methyl sites for hydroxylation is 1. The van der Waals surface area contributed by atoms with Crippen LogP contribution in [-0.4, -0.2) is 60.4 Å². The van der Waals surface area contributed by atoms with Crippen molar-refractivity contribution < 1.29 is 28.4 Å². The molecule has 3 amide bonds. The molecule has 0 saturated carbocycles. The smallest absolute Gasteiger partial charge is 0.338 e. The summed E-state index contributed by atoms with van der Waals surface area (Å²) >= 11 is 0. The lowest BCUT2D eigenvalue weighted by Gasteiger charge is -2.25. The first-order valence-corrected chi connectivity index (χ1v) is 10.1. The minimum Gasteiger partial charge on any atom is -0.462 e. The number of ether oxygens (including phenoxy) is 2. The van der Waals surface area contributed by atoms with Crippen LogP contribution in [0.25, 0.3) is 0 Å². The summed E-state index contributed by atoms with van der Waals surface area (Å²) in [7, 11) is 0. The van der Waals surface area contributed by atoms with Gasteiger partial charge in [0.15, 0.2) is 5.82 Å². The number of carbonyl (C=O) groups excluding carboxylic acids is 3. The monoisotopic (exact) mass is 430 g/mol. The van der Waals surface area contributed by atoms with Crippen molar-refractivity contribution in [2.75, 3.05) is 36.9 Å². The fourth-order valence-electron chi connectivity index (χ4n) is 3.14. The van der Waals surface area contributed by atoms with E-state index in [1.807, 2.05) is 0 Å². The Bertz CT molecular complexity index is 905. The lowest BCUT2D eigenvalue weighted by molar-refractivity contribution is -0.117. The molecule has 3 rings (SSSR count). The van der Waals surface area contributed by atoms with Gasteiger partial charge in [0, 0.05) is 24.9 Å². The molecule has 2 heterocycles. The van der Waals surface area contributed by atoms with Gasteiger partial charge < -0.3 is 29.5 Å². The average Bonchev–Trinajstić information content (AvgIpc) is 3.40. The van der Waals surface area contributed by atoms with Crippen molar-refractivity contribution in [2.24, 2.45) is 0 Å². The summed E-state index contributed by atoms with van der Waals surface area (Å²) in [5.74, 6) is 0.0179. The van der Waals surface area contributed by atoms with Crippen LogP contribution in [0.5, 0.6) is 0 Å². The number of anilines is 2. The molecule has 10 heteroatoms. The van der Waals surface area contributed by atoms with Gasteiger partial charge in [-0.1, -0.05) is 5.16 Å². The summed E-state index contributed by atoms with van der Waals surface area (Å²) in [6.07, 6.45) is 1.61. The second-order valence-electron chi connectivity index (χ2n) is 7.11. The molecule has 0 spiro atoms. The maximum Gasteiger partial charge on any atom is 0.338 e. The number of nitrogens with one attached hydrogen (secondary N) is 2. The third-order valence-corrected chi connectivity index (χ3v) is 4.61. The molecule has 2 aromatic rings. The van der Waals surface area contributed by atoms with Gasteiger partial charge in [-0.05, 0) is 51.0 Å². The fraction of sp³-hybridized carbons (Fsp3) is 0.429. The molecular formula is C21H26N4O6. The van der Waals surface area contributed by atoms with E-state index in [-0.39, 0.29) is 31.6 Å². The number of esters is 1. The second kappa shape index (κ2) is 10.6.